The molecule has 0 saturated heterocycles. The number of sulfonamides is 1. The van der Waals surface area contributed by atoms with Crippen LogP contribution < -0.4 is 19.5 Å². The number of methoxy groups -OCH3 is 2. The van der Waals surface area contributed by atoms with E-state index in [2.05, 4.69) is 14.9 Å². The first-order valence-corrected chi connectivity index (χ1v) is 14.7. The van der Waals surface area contributed by atoms with Gasteiger partial charge >= 0.3 is 5.97 Å². The molecule has 4 rings (SSSR count). The number of carbonyl (C=O) groups excluding carboxylic acids is 1. The number of nitrogens with one attached hydrogen (secondary N) is 2. The number of amides is 1. The van der Waals surface area contributed by atoms with Crippen molar-refractivity contribution in [1.29, 1.82) is 0 Å². The van der Waals surface area contributed by atoms with Crippen molar-refractivity contribution >= 4 is 38.4 Å². The predicted octanol–water partition coefficient (Wildman–Crippen LogP) is 3.78. The summed E-state index contributed by atoms with van der Waals surface area (Å²) in [6.45, 7) is 2.90. The average Bonchev–Trinajstić information content (AvgIpc) is 2.94. The van der Waals surface area contributed by atoms with E-state index in [-0.39, 0.29) is 17.7 Å². The van der Waals surface area contributed by atoms with Crippen molar-refractivity contribution < 1.29 is 32.6 Å². The zero-order chi connectivity index (χ0) is 28.7. The van der Waals surface area contributed by atoms with Gasteiger partial charge in [0, 0.05) is 42.5 Å². The summed E-state index contributed by atoms with van der Waals surface area (Å²) in [5, 5.41) is 12.5. The fourth-order valence-corrected chi connectivity index (χ4v) is 6.23. The van der Waals surface area contributed by atoms with E-state index in [0.29, 0.717) is 29.4 Å². The molecule has 11 heteroatoms. The smallest absolute Gasteiger partial charge is 0.303 e. The quantitative estimate of drug-likeness (QED) is 0.265. The number of carboxylic acid groups (broad SMARTS) is 1. The highest BCUT2D eigenvalue weighted by molar-refractivity contribution is 7.89. The third-order valence-corrected chi connectivity index (χ3v) is 8.52. The minimum absolute atomic E-state index is 0.128. The normalized spacial score (nSPS) is 13.6. The largest absolute Gasteiger partial charge is 0.493 e. The van der Waals surface area contributed by atoms with Gasteiger partial charge < -0.3 is 19.9 Å². The molecule has 214 valence electrons. The van der Waals surface area contributed by atoms with Gasteiger partial charge in [0.05, 0.1) is 25.5 Å². The van der Waals surface area contributed by atoms with E-state index in [1.54, 1.807) is 44.6 Å². The molecule has 0 atom stereocenters. The summed E-state index contributed by atoms with van der Waals surface area (Å²) in [6.07, 6.45) is 2.00. The second-order valence-corrected chi connectivity index (χ2v) is 11.4. The van der Waals surface area contributed by atoms with Crippen molar-refractivity contribution in [3.8, 4) is 11.5 Å². The number of benzene rings is 3. The number of hydrogen-bond acceptors (Lipinski definition) is 7. The summed E-state index contributed by atoms with van der Waals surface area (Å²) < 4.78 is 39.9. The third-order valence-electron chi connectivity index (χ3n) is 7.00. The van der Waals surface area contributed by atoms with Crippen molar-refractivity contribution in [2.24, 2.45) is 0 Å². The van der Waals surface area contributed by atoms with Crippen molar-refractivity contribution in [3.05, 3.63) is 59.7 Å². The number of unbranched alkanes of at least 4 members (excludes halogenated alkanes) is 1. The number of fused-ring (bicyclic) bond motifs is 2. The number of anilines is 1. The lowest BCUT2D eigenvalue weighted by atomic mass is 9.98. The fraction of sp³-hybridized carbons (Fsp3) is 0.379. The topological polar surface area (TPSA) is 134 Å². The van der Waals surface area contributed by atoms with Gasteiger partial charge in [0.15, 0.2) is 11.5 Å². The van der Waals surface area contributed by atoms with E-state index in [4.69, 9.17) is 14.6 Å². The van der Waals surface area contributed by atoms with Crippen LogP contribution in [0.25, 0.3) is 10.8 Å². The van der Waals surface area contributed by atoms with Crippen molar-refractivity contribution in [1.82, 2.24) is 9.62 Å². The first-order chi connectivity index (χ1) is 19.2. The molecule has 0 unspecified atom stereocenters. The lowest BCUT2D eigenvalue weighted by Gasteiger charge is -2.29. The van der Waals surface area contributed by atoms with Crippen molar-refractivity contribution in [3.63, 3.8) is 0 Å². The highest BCUT2D eigenvalue weighted by atomic mass is 32.2. The van der Waals surface area contributed by atoms with Gasteiger partial charge in [0.1, 0.15) is 0 Å². The third kappa shape index (κ3) is 7.09. The number of carboxylic acids is 1. The number of nitrogens with zero attached hydrogens (tertiary/aromatic N) is 1. The highest BCUT2D eigenvalue weighted by Gasteiger charge is 2.20. The molecule has 1 aliphatic rings. The molecule has 1 aliphatic heterocycles. The zero-order valence-corrected chi connectivity index (χ0v) is 23.6. The molecule has 0 saturated carbocycles. The van der Waals surface area contributed by atoms with E-state index in [0.717, 1.165) is 44.0 Å². The van der Waals surface area contributed by atoms with Crippen LogP contribution >= 0.6 is 0 Å². The molecular weight excluding hydrogens is 534 g/mol. The molecule has 0 aliphatic carbocycles. The van der Waals surface area contributed by atoms with Crippen molar-refractivity contribution in [2.45, 2.75) is 43.5 Å². The fourth-order valence-electron chi connectivity index (χ4n) is 4.93. The Morgan fingerprint density at radius 1 is 0.950 bits per heavy atom. The van der Waals surface area contributed by atoms with Gasteiger partial charge in [-0.1, -0.05) is 24.3 Å². The van der Waals surface area contributed by atoms with Crippen LogP contribution in [0.15, 0.2) is 53.4 Å². The van der Waals surface area contributed by atoms with E-state index in [9.17, 15) is 18.0 Å². The summed E-state index contributed by atoms with van der Waals surface area (Å²) in [5.74, 6) is -0.0450. The van der Waals surface area contributed by atoms with Crippen LogP contribution in [0.5, 0.6) is 11.5 Å². The Morgan fingerprint density at radius 3 is 2.38 bits per heavy atom. The second kappa shape index (κ2) is 13.1. The molecule has 0 radical (unpaired) electrons. The molecule has 3 aromatic carbocycles. The van der Waals surface area contributed by atoms with Crippen LogP contribution in [-0.4, -0.2) is 64.2 Å². The predicted molar refractivity (Wildman–Crippen MR) is 152 cm³/mol. The van der Waals surface area contributed by atoms with Gasteiger partial charge in [-0.2, -0.15) is 0 Å². The standard InChI is InChI=1S/C29H35N3O7S/c1-38-25-17-20-13-16-32(19-21(20)18-26(25)39-2)15-4-3-14-30-40(36,37)27-10-6-7-22-23(27)8-5-9-24(22)31-28(33)11-12-29(34)35/h5-10,17-18,30H,3-4,11-16,19H2,1-2H3,(H,31,33)(H,34,35). The van der Waals surface area contributed by atoms with E-state index in [1.165, 1.54) is 17.2 Å². The Balaban J connectivity index is 1.32. The minimum atomic E-state index is -3.79. The first-order valence-electron chi connectivity index (χ1n) is 13.2. The number of ether oxygens (including phenoxy) is 2. The highest BCUT2D eigenvalue weighted by Crippen LogP contribution is 2.33. The van der Waals surface area contributed by atoms with Gasteiger partial charge in [-0.3, -0.25) is 14.5 Å². The monoisotopic (exact) mass is 569 g/mol. The molecular formula is C29H35N3O7S. The summed E-state index contributed by atoms with van der Waals surface area (Å²) in [4.78, 5) is 25.4. The lowest BCUT2D eigenvalue weighted by molar-refractivity contribution is -0.138. The molecule has 1 heterocycles. The van der Waals surface area contributed by atoms with Gasteiger partial charge in [-0.15, -0.1) is 0 Å². The van der Waals surface area contributed by atoms with E-state index < -0.39 is 21.9 Å². The second-order valence-electron chi connectivity index (χ2n) is 9.71. The SMILES string of the molecule is COc1cc2c(cc1OC)CN(CCCCNS(=O)(=O)c1cccc3c(NC(=O)CCC(=O)O)cccc13)CC2. The average molecular weight is 570 g/mol. The van der Waals surface area contributed by atoms with Crippen LogP contribution in [-0.2, 0) is 32.6 Å². The maximum absolute atomic E-state index is 13.2. The summed E-state index contributed by atoms with van der Waals surface area (Å²) in [6, 6.07) is 14.0. The molecule has 0 spiro atoms. The molecule has 3 aromatic rings. The molecule has 1 amide bonds. The van der Waals surface area contributed by atoms with Crippen LogP contribution in [0, 0.1) is 0 Å². The van der Waals surface area contributed by atoms with Crippen LogP contribution in [0.2, 0.25) is 0 Å². The summed E-state index contributed by atoms with van der Waals surface area (Å²) in [5.41, 5.74) is 2.92. The molecule has 10 nitrogen and oxygen atoms in total. The molecule has 40 heavy (non-hydrogen) atoms. The number of rotatable bonds is 13. The van der Waals surface area contributed by atoms with Gasteiger partial charge in [-0.25, -0.2) is 13.1 Å². The van der Waals surface area contributed by atoms with Crippen molar-refractivity contribution in [2.75, 3.05) is 39.2 Å². The Labute approximate surface area is 234 Å². The van der Waals surface area contributed by atoms with Gasteiger partial charge in [-0.05, 0) is 61.2 Å². The molecule has 0 bridgehead atoms. The maximum Gasteiger partial charge on any atom is 0.303 e. The maximum atomic E-state index is 13.2. The summed E-state index contributed by atoms with van der Waals surface area (Å²) in [7, 11) is -0.525. The Morgan fingerprint density at radius 2 is 1.65 bits per heavy atom. The van der Waals surface area contributed by atoms with Crippen LogP contribution in [0.1, 0.15) is 36.8 Å². The van der Waals surface area contributed by atoms with Gasteiger partial charge in [0.25, 0.3) is 0 Å². The molecule has 0 fully saturated rings. The Bertz CT molecular complexity index is 1490. The van der Waals surface area contributed by atoms with Gasteiger partial charge in [0.2, 0.25) is 15.9 Å². The number of carbonyl (C=O) groups is 2. The van der Waals surface area contributed by atoms with E-state index in [1.807, 2.05) is 12.1 Å². The Hall–Kier alpha value is -3.67. The van der Waals surface area contributed by atoms with Crippen LogP contribution in [0.4, 0.5) is 5.69 Å². The zero-order valence-electron chi connectivity index (χ0n) is 22.7. The first kappa shape index (κ1) is 29.3. The summed E-state index contributed by atoms with van der Waals surface area (Å²) >= 11 is 0. The molecule has 0 aromatic heterocycles. The Kier molecular flexibility index (Phi) is 9.62. The van der Waals surface area contributed by atoms with Crippen LogP contribution in [0.3, 0.4) is 0 Å². The lowest BCUT2D eigenvalue weighted by Crippen LogP contribution is -2.32. The molecule has 3 N–H and O–H groups in total. The van der Waals surface area contributed by atoms with E-state index >= 15 is 0 Å². The minimum Gasteiger partial charge on any atom is -0.493 e. The number of hydrogen-bond donors (Lipinski definition) is 3. The number of aliphatic carboxylic acids is 1.